The van der Waals surface area contributed by atoms with Gasteiger partial charge in [0.25, 0.3) is 5.91 Å². The first-order valence-corrected chi connectivity index (χ1v) is 12.1. The Morgan fingerprint density at radius 1 is 0.872 bits per heavy atom. The molecule has 0 saturated carbocycles. The van der Waals surface area contributed by atoms with Gasteiger partial charge in [0, 0.05) is 11.9 Å². The van der Waals surface area contributed by atoms with Crippen molar-refractivity contribution in [2.24, 2.45) is 0 Å². The summed E-state index contributed by atoms with van der Waals surface area (Å²) < 4.78 is 27.2. The first-order chi connectivity index (χ1) is 18.9. The fraction of sp³-hybridized carbons (Fsp3) is 0.200. The molecule has 0 aliphatic carbocycles. The zero-order valence-corrected chi connectivity index (χ0v) is 21.9. The summed E-state index contributed by atoms with van der Waals surface area (Å²) in [5.74, 6) is 0.181. The molecule has 9 heteroatoms. The minimum atomic E-state index is -0.890. The standard InChI is InChI=1S/C30H27NO8/c1-35-20-11-9-18(10-12-20)26-25(27(32)24-15-19-6-5-7-22(37-3)29(19)39-24)28(33)30(34)31(26)16-17-8-13-21(36-2)23(14-17)38-4/h5-15,26,33H,16H2,1-4H3. The number of methoxy groups -OCH3 is 4. The maximum atomic E-state index is 13.9. The number of fused-ring (bicyclic) bond motifs is 1. The van der Waals surface area contributed by atoms with Crippen molar-refractivity contribution in [1.82, 2.24) is 4.90 Å². The molecule has 9 nitrogen and oxygen atoms in total. The summed E-state index contributed by atoms with van der Waals surface area (Å²) in [7, 11) is 6.12. The van der Waals surface area contributed by atoms with Crippen molar-refractivity contribution >= 4 is 22.7 Å². The number of ether oxygens (including phenoxy) is 4. The third-order valence-corrected chi connectivity index (χ3v) is 6.73. The minimum Gasteiger partial charge on any atom is -0.503 e. The van der Waals surface area contributed by atoms with Crippen LogP contribution in [0.2, 0.25) is 0 Å². The number of para-hydroxylation sites is 1. The van der Waals surface area contributed by atoms with Gasteiger partial charge in [0.2, 0.25) is 5.78 Å². The van der Waals surface area contributed by atoms with E-state index in [1.165, 1.54) is 26.2 Å². The van der Waals surface area contributed by atoms with E-state index in [4.69, 9.17) is 23.4 Å². The Kier molecular flexibility index (Phi) is 6.89. The molecule has 4 aromatic rings. The lowest BCUT2D eigenvalue weighted by Gasteiger charge is -2.27. The van der Waals surface area contributed by atoms with E-state index in [-0.39, 0.29) is 17.9 Å². The van der Waals surface area contributed by atoms with Crippen LogP contribution in [0, 0.1) is 0 Å². The summed E-state index contributed by atoms with van der Waals surface area (Å²) in [6.45, 7) is 0.0880. The zero-order chi connectivity index (χ0) is 27.7. The van der Waals surface area contributed by atoms with Crippen molar-refractivity contribution in [2.75, 3.05) is 28.4 Å². The summed E-state index contributed by atoms with van der Waals surface area (Å²) in [5.41, 5.74) is 1.65. The third-order valence-electron chi connectivity index (χ3n) is 6.73. The van der Waals surface area contributed by atoms with Gasteiger partial charge in [-0.1, -0.05) is 30.3 Å². The Morgan fingerprint density at radius 2 is 1.59 bits per heavy atom. The number of ketones is 1. The number of rotatable bonds is 9. The van der Waals surface area contributed by atoms with Gasteiger partial charge in [0.05, 0.1) is 40.1 Å². The molecule has 1 aromatic heterocycles. The molecule has 1 atom stereocenters. The summed E-state index contributed by atoms with van der Waals surface area (Å²) in [6, 6.07) is 18.2. The highest BCUT2D eigenvalue weighted by Gasteiger charge is 2.44. The predicted molar refractivity (Wildman–Crippen MR) is 143 cm³/mol. The molecule has 3 aromatic carbocycles. The van der Waals surface area contributed by atoms with Gasteiger partial charge in [-0.25, -0.2) is 0 Å². The molecule has 0 fully saturated rings. The van der Waals surface area contributed by atoms with Crippen LogP contribution in [0.25, 0.3) is 11.0 Å². The molecular formula is C30H27NO8. The highest BCUT2D eigenvalue weighted by molar-refractivity contribution is 6.16. The smallest absolute Gasteiger partial charge is 0.290 e. The quantitative estimate of drug-likeness (QED) is 0.293. The van der Waals surface area contributed by atoms with Gasteiger partial charge in [-0.05, 0) is 47.5 Å². The topological polar surface area (TPSA) is 108 Å². The molecule has 0 bridgehead atoms. The van der Waals surface area contributed by atoms with E-state index in [2.05, 4.69) is 0 Å². The lowest BCUT2D eigenvalue weighted by atomic mass is 9.94. The van der Waals surface area contributed by atoms with E-state index in [9.17, 15) is 14.7 Å². The number of carbonyl (C=O) groups is 2. The summed E-state index contributed by atoms with van der Waals surface area (Å²) in [6.07, 6.45) is 0. The van der Waals surface area contributed by atoms with Gasteiger partial charge in [-0.15, -0.1) is 0 Å². The molecule has 1 aliphatic rings. The van der Waals surface area contributed by atoms with Gasteiger partial charge in [-0.3, -0.25) is 9.59 Å². The van der Waals surface area contributed by atoms with Crippen LogP contribution in [0.15, 0.2) is 82.5 Å². The summed E-state index contributed by atoms with van der Waals surface area (Å²) in [5, 5.41) is 11.7. The summed E-state index contributed by atoms with van der Waals surface area (Å²) >= 11 is 0. The van der Waals surface area contributed by atoms with E-state index in [0.717, 1.165) is 5.56 Å². The van der Waals surface area contributed by atoms with Crippen LogP contribution in [0.4, 0.5) is 0 Å². The second kappa shape index (κ2) is 10.4. The van der Waals surface area contributed by atoms with Gasteiger partial charge in [0.1, 0.15) is 5.75 Å². The number of hydrogen-bond acceptors (Lipinski definition) is 8. The van der Waals surface area contributed by atoms with Gasteiger partial charge in [0.15, 0.2) is 34.4 Å². The second-order valence-electron chi connectivity index (χ2n) is 8.88. The van der Waals surface area contributed by atoms with Gasteiger partial charge in [-0.2, -0.15) is 0 Å². The monoisotopic (exact) mass is 529 g/mol. The zero-order valence-electron chi connectivity index (χ0n) is 21.9. The lowest BCUT2D eigenvalue weighted by Crippen LogP contribution is -2.30. The van der Waals surface area contributed by atoms with Crippen molar-refractivity contribution in [3.8, 4) is 23.0 Å². The van der Waals surface area contributed by atoms with Gasteiger partial charge >= 0.3 is 0 Å². The predicted octanol–water partition coefficient (Wildman–Crippen LogP) is 5.25. The van der Waals surface area contributed by atoms with Crippen molar-refractivity contribution in [3.05, 3.63) is 94.9 Å². The van der Waals surface area contributed by atoms with Crippen LogP contribution in [0.1, 0.15) is 27.7 Å². The fourth-order valence-corrected chi connectivity index (χ4v) is 4.80. The number of carbonyl (C=O) groups excluding carboxylic acids is 2. The Morgan fingerprint density at radius 3 is 2.26 bits per heavy atom. The maximum absolute atomic E-state index is 13.9. The van der Waals surface area contributed by atoms with Crippen LogP contribution in [0.5, 0.6) is 23.0 Å². The largest absolute Gasteiger partial charge is 0.503 e. The second-order valence-corrected chi connectivity index (χ2v) is 8.88. The van der Waals surface area contributed by atoms with Crippen molar-refractivity contribution in [2.45, 2.75) is 12.6 Å². The molecule has 0 spiro atoms. The van der Waals surface area contributed by atoms with Crippen LogP contribution in [0.3, 0.4) is 0 Å². The fourth-order valence-electron chi connectivity index (χ4n) is 4.80. The Balaban J connectivity index is 1.58. The molecule has 0 saturated heterocycles. The first-order valence-electron chi connectivity index (χ1n) is 12.1. The lowest BCUT2D eigenvalue weighted by molar-refractivity contribution is -0.130. The number of amides is 1. The van der Waals surface area contributed by atoms with Crippen molar-refractivity contribution in [1.29, 1.82) is 0 Å². The number of benzene rings is 3. The Labute approximate surface area is 224 Å². The highest BCUT2D eigenvalue weighted by Crippen LogP contribution is 2.42. The molecule has 0 radical (unpaired) electrons. The molecule has 39 heavy (non-hydrogen) atoms. The number of nitrogens with zero attached hydrogens (tertiary/aromatic N) is 1. The van der Waals surface area contributed by atoms with Crippen LogP contribution in [-0.2, 0) is 11.3 Å². The maximum Gasteiger partial charge on any atom is 0.290 e. The number of furan rings is 1. The van der Waals surface area contributed by atoms with Crippen LogP contribution >= 0.6 is 0 Å². The van der Waals surface area contributed by atoms with E-state index in [1.54, 1.807) is 73.8 Å². The molecular weight excluding hydrogens is 502 g/mol. The molecule has 1 N–H and O–H groups in total. The first kappa shape index (κ1) is 25.7. The molecule has 1 amide bonds. The van der Waals surface area contributed by atoms with Crippen molar-refractivity contribution in [3.63, 3.8) is 0 Å². The van der Waals surface area contributed by atoms with Crippen LogP contribution in [-0.4, -0.2) is 50.1 Å². The molecule has 2 heterocycles. The average Bonchev–Trinajstić information content (AvgIpc) is 3.52. The van der Waals surface area contributed by atoms with E-state index >= 15 is 0 Å². The normalized spacial score (nSPS) is 15.1. The Hall–Kier alpha value is -4.92. The third kappa shape index (κ3) is 4.52. The minimum absolute atomic E-state index is 0.0182. The van der Waals surface area contributed by atoms with Crippen LogP contribution < -0.4 is 18.9 Å². The highest BCUT2D eigenvalue weighted by atomic mass is 16.5. The average molecular weight is 530 g/mol. The molecule has 1 unspecified atom stereocenters. The number of aliphatic hydroxyl groups is 1. The van der Waals surface area contributed by atoms with E-state index in [0.29, 0.717) is 39.5 Å². The summed E-state index contributed by atoms with van der Waals surface area (Å²) in [4.78, 5) is 28.8. The number of aliphatic hydroxyl groups excluding tert-OH is 1. The molecule has 1 aliphatic heterocycles. The number of Topliss-reactive ketones (excluding diaryl/α,β-unsaturated/α-hetero) is 1. The molecule has 200 valence electrons. The SMILES string of the molecule is COc1ccc(C2C(C(=O)c3cc4cccc(OC)c4o3)=C(O)C(=O)N2Cc2ccc(OC)c(OC)c2)cc1. The van der Waals surface area contributed by atoms with E-state index < -0.39 is 23.5 Å². The Bertz CT molecular complexity index is 1580. The van der Waals surface area contributed by atoms with Gasteiger partial charge < -0.3 is 33.4 Å². The van der Waals surface area contributed by atoms with E-state index in [1.807, 2.05) is 0 Å². The number of hydrogen-bond donors (Lipinski definition) is 1. The molecule has 5 rings (SSSR count). The van der Waals surface area contributed by atoms with Crippen molar-refractivity contribution < 1.29 is 38.1 Å².